The van der Waals surface area contributed by atoms with Crippen LogP contribution in [0.3, 0.4) is 0 Å². The van der Waals surface area contributed by atoms with Gasteiger partial charge in [-0.3, -0.25) is 0 Å². The lowest BCUT2D eigenvalue weighted by Gasteiger charge is -2.26. The van der Waals surface area contributed by atoms with Crippen molar-refractivity contribution in [3.63, 3.8) is 0 Å². The standard InChI is InChI=1S/C18H25FN2O3/c1-21(11-12-4-2-6-16(12)22)18(23)20-15-5-3-9-24-17-10-13(19)7-8-14(15)17/h7-8,10,12,15-16,22H,2-6,9,11H2,1H3,(H,20,23). The Kier molecular flexibility index (Phi) is 5.23. The van der Waals surface area contributed by atoms with Crippen molar-refractivity contribution >= 4 is 6.03 Å². The van der Waals surface area contributed by atoms with E-state index in [2.05, 4.69) is 5.32 Å². The molecule has 1 aromatic rings. The Labute approximate surface area is 141 Å². The van der Waals surface area contributed by atoms with Crippen LogP contribution in [-0.4, -0.2) is 42.3 Å². The third-order valence-electron chi connectivity index (χ3n) is 5.02. The number of benzene rings is 1. The van der Waals surface area contributed by atoms with Gasteiger partial charge in [-0.05, 0) is 31.7 Å². The number of hydrogen-bond donors (Lipinski definition) is 2. The average Bonchev–Trinajstić information content (AvgIpc) is 2.84. The monoisotopic (exact) mass is 336 g/mol. The smallest absolute Gasteiger partial charge is 0.317 e. The Morgan fingerprint density at radius 2 is 2.21 bits per heavy atom. The number of halogens is 1. The van der Waals surface area contributed by atoms with Gasteiger partial charge >= 0.3 is 6.03 Å². The van der Waals surface area contributed by atoms with E-state index in [1.807, 2.05) is 0 Å². The third-order valence-corrected chi connectivity index (χ3v) is 5.02. The summed E-state index contributed by atoms with van der Waals surface area (Å²) in [5.74, 6) is 0.319. The van der Waals surface area contributed by atoms with Crippen molar-refractivity contribution in [2.45, 2.75) is 44.2 Å². The van der Waals surface area contributed by atoms with E-state index in [9.17, 15) is 14.3 Å². The van der Waals surface area contributed by atoms with Crippen molar-refractivity contribution < 1.29 is 19.0 Å². The van der Waals surface area contributed by atoms with Crippen molar-refractivity contribution in [3.8, 4) is 5.75 Å². The van der Waals surface area contributed by atoms with Gasteiger partial charge < -0.3 is 20.1 Å². The van der Waals surface area contributed by atoms with E-state index in [0.717, 1.165) is 37.7 Å². The van der Waals surface area contributed by atoms with E-state index < -0.39 is 0 Å². The summed E-state index contributed by atoms with van der Waals surface area (Å²) >= 11 is 0. The van der Waals surface area contributed by atoms with Crippen LogP contribution >= 0.6 is 0 Å². The topological polar surface area (TPSA) is 61.8 Å². The Morgan fingerprint density at radius 1 is 1.38 bits per heavy atom. The average molecular weight is 336 g/mol. The highest BCUT2D eigenvalue weighted by molar-refractivity contribution is 5.74. The molecule has 0 radical (unpaired) electrons. The summed E-state index contributed by atoms with van der Waals surface area (Å²) in [5, 5.41) is 12.9. The van der Waals surface area contributed by atoms with Gasteiger partial charge in [0.2, 0.25) is 0 Å². The number of rotatable bonds is 3. The Hall–Kier alpha value is -1.82. The molecule has 5 nitrogen and oxygen atoms in total. The SMILES string of the molecule is CN(CC1CCCC1O)C(=O)NC1CCCOc2cc(F)ccc21. The molecule has 132 valence electrons. The fraction of sp³-hybridized carbons (Fsp3) is 0.611. The van der Waals surface area contributed by atoms with Gasteiger partial charge in [0.15, 0.2) is 0 Å². The molecule has 1 aliphatic heterocycles. The predicted molar refractivity (Wildman–Crippen MR) is 88.4 cm³/mol. The first kappa shape index (κ1) is 17.0. The first-order chi connectivity index (χ1) is 11.5. The molecule has 2 aliphatic rings. The number of hydrogen-bond acceptors (Lipinski definition) is 3. The van der Waals surface area contributed by atoms with Crippen molar-refractivity contribution in [2.24, 2.45) is 5.92 Å². The molecule has 0 spiro atoms. The summed E-state index contributed by atoms with van der Waals surface area (Å²) in [4.78, 5) is 14.1. The second-order valence-corrected chi connectivity index (χ2v) is 6.81. The van der Waals surface area contributed by atoms with E-state index in [1.165, 1.54) is 12.1 Å². The summed E-state index contributed by atoms with van der Waals surface area (Å²) < 4.78 is 19.0. The van der Waals surface area contributed by atoms with Gasteiger partial charge in [0.05, 0.1) is 18.8 Å². The van der Waals surface area contributed by atoms with Crippen molar-refractivity contribution in [1.82, 2.24) is 10.2 Å². The zero-order valence-electron chi connectivity index (χ0n) is 14.0. The fourth-order valence-corrected chi connectivity index (χ4v) is 3.62. The van der Waals surface area contributed by atoms with Gasteiger partial charge in [0.25, 0.3) is 0 Å². The fourth-order valence-electron chi connectivity index (χ4n) is 3.62. The van der Waals surface area contributed by atoms with E-state index in [0.29, 0.717) is 18.9 Å². The van der Waals surface area contributed by atoms with Crippen LogP contribution in [0.25, 0.3) is 0 Å². The number of carbonyl (C=O) groups is 1. The molecule has 2 amide bonds. The molecule has 24 heavy (non-hydrogen) atoms. The molecule has 1 aromatic carbocycles. The largest absolute Gasteiger partial charge is 0.493 e. The quantitative estimate of drug-likeness (QED) is 0.892. The number of nitrogens with zero attached hydrogens (tertiary/aromatic N) is 1. The highest BCUT2D eigenvalue weighted by Gasteiger charge is 2.29. The van der Waals surface area contributed by atoms with Crippen molar-refractivity contribution in [1.29, 1.82) is 0 Å². The normalized spacial score (nSPS) is 26.2. The molecule has 6 heteroatoms. The summed E-state index contributed by atoms with van der Waals surface area (Å²) in [6.45, 7) is 1.07. The molecule has 3 atom stereocenters. The maximum atomic E-state index is 13.4. The van der Waals surface area contributed by atoms with Gasteiger partial charge in [-0.25, -0.2) is 9.18 Å². The number of carbonyl (C=O) groups excluding carboxylic acids is 1. The highest BCUT2D eigenvalue weighted by Crippen LogP contribution is 2.32. The molecule has 1 heterocycles. The Balaban J connectivity index is 1.65. The minimum absolute atomic E-state index is 0.152. The van der Waals surface area contributed by atoms with Gasteiger partial charge in [0, 0.05) is 31.1 Å². The lowest BCUT2D eigenvalue weighted by molar-refractivity contribution is 0.113. The molecule has 0 saturated heterocycles. The van der Waals surface area contributed by atoms with E-state index >= 15 is 0 Å². The summed E-state index contributed by atoms with van der Waals surface area (Å²) in [6.07, 6.45) is 4.03. The van der Waals surface area contributed by atoms with Crippen molar-refractivity contribution in [2.75, 3.05) is 20.2 Å². The molecule has 3 rings (SSSR count). The number of nitrogens with one attached hydrogen (secondary N) is 1. The lowest BCUT2D eigenvalue weighted by Crippen LogP contribution is -2.42. The van der Waals surface area contributed by atoms with Crippen LogP contribution in [-0.2, 0) is 0 Å². The first-order valence-electron chi connectivity index (χ1n) is 8.66. The van der Waals surface area contributed by atoms with E-state index in [-0.39, 0.29) is 29.9 Å². The number of fused-ring (bicyclic) bond motifs is 1. The van der Waals surface area contributed by atoms with Crippen LogP contribution in [0.4, 0.5) is 9.18 Å². The van der Waals surface area contributed by atoms with Gasteiger partial charge in [-0.15, -0.1) is 0 Å². The van der Waals surface area contributed by atoms with Crippen LogP contribution in [0.1, 0.15) is 43.7 Å². The van der Waals surface area contributed by atoms with Gasteiger partial charge in [0.1, 0.15) is 11.6 Å². The molecule has 1 saturated carbocycles. The number of ether oxygens (including phenoxy) is 1. The van der Waals surface area contributed by atoms with Crippen molar-refractivity contribution in [3.05, 3.63) is 29.6 Å². The molecule has 1 aliphatic carbocycles. The van der Waals surface area contributed by atoms with Crippen LogP contribution in [0.5, 0.6) is 5.75 Å². The number of urea groups is 1. The Morgan fingerprint density at radius 3 is 2.96 bits per heavy atom. The van der Waals surface area contributed by atoms with Crippen LogP contribution in [0, 0.1) is 11.7 Å². The lowest BCUT2D eigenvalue weighted by atomic mass is 10.0. The zero-order valence-corrected chi connectivity index (χ0v) is 14.0. The molecular weight excluding hydrogens is 311 g/mol. The van der Waals surface area contributed by atoms with E-state index in [1.54, 1.807) is 18.0 Å². The molecule has 0 aromatic heterocycles. The van der Waals surface area contributed by atoms with Gasteiger partial charge in [-0.1, -0.05) is 12.5 Å². The maximum absolute atomic E-state index is 13.4. The summed E-state index contributed by atoms with van der Waals surface area (Å²) in [6, 6.07) is 4.09. The molecular formula is C18H25FN2O3. The molecule has 0 bridgehead atoms. The highest BCUT2D eigenvalue weighted by atomic mass is 19.1. The number of amides is 2. The molecule has 2 N–H and O–H groups in total. The maximum Gasteiger partial charge on any atom is 0.317 e. The van der Waals surface area contributed by atoms with Crippen LogP contribution < -0.4 is 10.1 Å². The van der Waals surface area contributed by atoms with Crippen LogP contribution in [0.15, 0.2) is 18.2 Å². The van der Waals surface area contributed by atoms with Gasteiger partial charge in [-0.2, -0.15) is 0 Å². The Bertz CT molecular complexity index is 596. The minimum atomic E-state index is -0.340. The summed E-state index contributed by atoms with van der Waals surface area (Å²) in [5.41, 5.74) is 0.816. The first-order valence-corrected chi connectivity index (χ1v) is 8.66. The predicted octanol–water partition coefficient (Wildman–Crippen LogP) is 2.84. The van der Waals surface area contributed by atoms with Crippen LogP contribution in [0.2, 0.25) is 0 Å². The second kappa shape index (κ2) is 7.38. The zero-order chi connectivity index (χ0) is 17.1. The summed E-state index contributed by atoms with van der Waals surface area (Å²) in [7, 11) is 1.75. The minimum Gasteiger partial charge on any atom is -0.493 e. The van der Waals surface area contributed by atoms with E-state index in [4.69, 9.17) is 4.74 Å². The molecule has 3 unspecified atom stereocenters. The second-order valence-electron chi connectivity index (χ2n) is 6.81. The third kappa shape index (κ3) is 3.80. The number of aliphatic hydroxyl groups excluding tert-OH is 1. The number of aliphatic hydroxyl groups is 1. The molecule has 1 fully saturated rings.